The standard InChI is InChI=1S/C19H31NO/c1-5-13-20-16-7-6-8-18(14-16)21-17-11-9-15(10-12-17)19(2,3)4/h9-12,16,18,20H,5-8,13-14H2,1-4H3. The average Bonchev–Trinajstić information content (AvgIpc) is 2.45. The Morgan fingerprint density at radius 3 is 2.48 bits per heavy atom. The van der Waals surface area contributed by atoms with Crippen LogP contribution in [0.25, 0.3) is 0 Å². The van der Waals surface area contributed by atoms with Gasteiger partial charge in [-0.15, -0.1) is 0 Å². The number of nitrogens with one attached hydrogen (secondary N) is 1. The molecule has 2 atom stereocenters. The molecular weight excluding hydrogens is 258 g/mol. The van der Waals surface area contributed by atoms with Gasteiger partial charge in [0.1, 0.15) is 11.9 Å². The molecule has 2 rings (SSSR count). The molecule has 0 bridgehead atoms. The molecule has 0 heterocycles. The summed E-state index contributed by atoms with van der Waals surface area (Å²) in [5, 5.41) is 3.64. The summed E-state index contributed by atoms with van der Waals surface area (Å²) in [6, 6.07) is 9.29. The smallest absolute Gasteiger partial charge is 0.119 e. The Kier molecular flexibility index (Phi) is 5.69. The van der Waals surface area contributed by atoms with E-state index in [-0.39, 0.29) is 5.41 Å². The summed E-state index contributed by atoms with van der Waals surface area (Å²) in [4.78, 5) is 0. The molecule has 2 heteroatoms. The first kappa shape index (κ1) is 16.4. The lowest BCUT2D eigenvalue weighted by molar-refractivity contribution is 0.135. The van der Waals surface area contributed by atoms with Gasteiger partial charge in [-0.1, -0.05) is 39.8 Å². The maximum absolute atomic E-state index is 6.19. The van der Waals surface area contributed by atoms with Gasteiger partial charge in [0.15, 0.2) is 0 Å². The lowest BCUT2D eigenvalue weighted by Crippen LogP contribution is -2.38. The van der Waals surface area contributed by atoms with Crippen molar-refractivity contribution >= 4 is 0 Å². The molecule has 1 aliphatic carbocycles. The van der Waals surface area contributed by atoms with Crippen LogP contribution in [0.2, 0.25) is 0 Å². The van der Waals surface area contributed by atoms with Gasteiger partial charge < -0.3 is 10.1 Å². The van der Waals surface area contributed by atoms with Crippen molar-refractivity contribution in [3.05, 3.63) is 29.8 Å². The van der Waals surface area contributed by atoms with E-state index in [1.54, 1.807) is 0 Å². The molecule has 21 heavy (non-hydrogen) atoms. The van der Waals surface area contributed by atoms with Crippen LogP contribution in [0.5, 0.6) is 5.75 Å². The van der Waals surface area contributed by atoms with Gasteiger partial charge in [0.25, 0.3) is 0 Å². The molecule has 1 aromatic carbocycles. The van der Waals surface area contributed by atoms with Crippen molar-refractivity contribution < 1.29 is 4.74 Å². The summed E-state index contributed by atoms with van der Waals surface area (Å²) in [5.74, 6) is 1.02. The Bertz CT molecular complexity index is 418. The number of hydrogen-bond acceptors (Lipinski definition) is 2. The molecule has 1 aliphatic rings. The summed E-state index contributed by atoms with van der Waals surface area (Å²) in [6.45, 7) is 10.1. The molecule has 1 N–H and O–H groups in total. The van der Waals surface area contributed by atoms with Gasteiger partial charge in [-0.25, -0.2) is 0 Å². The van der Waals surface area contributed by atoms with Crippen molar-refractivity contribution in [1.29, 1.82) is 0 Å². The van der Waals surface area contributed by atoms with Gasteiger partial charge in [0, 0.05) is 6.04 Å². The average molecular weight is 289 g/mol. The Balaban J connectivity index is 1.89. The fourth-order valence-corrected chi connectivity index (χ4v) is 3.01. The number of benzene rings is 1. The van der Waals surface area contributed by atoms with Crippen LogP contribution in [-0.2, 0) is 5.41 Å². The predicted octanol–water partition coefficient (Wildman–Crippen LogP) is 4.67. The summed E-state index contributed by atoms with van der Waals surface area (Å²) in [6.07, 6.45) is 6.46. The zero-order chi connectivity index (χ0) is 15.3. The zero-order valence-corrected chi connectivity index (χ0v) is 14.1. The van der Waals surface area contributed by atoms with Crippen molar-refractivity contribution in [2.24, 2.45) is 0 Å². The first-order valence-electron chi connectivity index (χ1n) is 8.49. The minimum Gasteiger partial charge on any atom is -0.490 e. The summed E-state index contributed by atoms with van der Waals surface area (Å²) in [5.41, 5.74) is 1.57. The topological polar surface area (TPSA) is 21.3 Å². The van der Waals surface area contributed by atoms with E-state index in [1.165, 1.54) is 31.2 Å². The third kappa shape index (κ3) is 5.03. The molecule has 0 amide bonds. The molecule has 2 nitrogen and oxygen atoms in total. The zero-order valence-electron chi connectivity index (χ0n) is 14.1. The molecule has 1 aromatic rings. The van der Waals surface area contributed by atoms with Crippen molar-refractivity contribution in [3.8, 4) is 5.75 Å². The quantitative estimate of drug-likeness (QED) is 0.850. The second kappa shape index (κ2) is 7.31. The number of ether oxygens (including phenoxy) is 1. The van der Waals surface area contributed by atoms with E-state index in [9.17, 15) is 0 Å². The summed E-state index contributed by atoms with van der Waals surface area (Å²) in [7, 11) is 0. The minimum atomic E-state index is 0.207. The molecule has 118 valence electrons. The van der Waals surface area contributed by atoms with E-state index in [4.69, 9.17) is 4.74 Å². The van der Waals surface area contributed by atoms with Crippen molar-refractivity contribution in [2.45, 2.75) is 77.4 Å². The van der Waals surface area contributed by atoms with Crippen LogP contribution in [0.3, 0.4) is 0 Å². The monoisotopic (exact) mass is 289 g/mol. The van der Waals surface area contributed by atoms with Crippen LogP contribution in [0.15, 0.2) is 24.3 Å². The van der Waals surface area contributed by atoms with Crippen LogP contribution in [0.1, 0.15) is 65.4 Å². The maximum Gasteiger partial charge on any atom is 0.119 e. The molecule has 0 aliphatic heterocycles. The molecular formula is C19H31NO. The van der Waals surface area contributed by atoms with Gasteiger partial charge in [0.2, 0.25) is 0 Å². The van der Waals surface area contributed by atoms with Crippen LogP contribution in [0, 0.1) is 0 Å². The largest absolute Gasteiger partial charge is 0.490 e. The van der Waals surface area contributed by atoms with E-state index in [0.717, 1.165) is 18.7 Å². The normalized spacial score (nSPS) is 23.0. The first-order chi connectivity index (χ1) is 9.99. The Hall–Kier alpha value is -1.02. The second-order valence-corrected chi connectivity index (χ2v) is 7.33. The van der Waals surface area contributed by atoms with E-state index < -0.39 is 0 Å². The Morgan fingerprint density at radius 2 is 1.86 bits per heavy atom. The van der Waals surface area contributed by atoms with Crippen molar-refractivity contribution in [2.75, 3.05) is 6.54 Å². The van der Waals surface area contributed by atoms with Gasteiger partial charge in [-0.2, -0.15) is 0 Å². The highest BCUT2D eigenvalue weighted by molar-refractivity contribution is 5.31. The van der Waals surface area contributed by atoms with E-state index in [0.29, 0.717) is 12.1 Å². The third-order valence-electron chi connectivity index (χ3n) is 4.33. The van der Waals surface area contributed by atoms with E-state index >= 15 is 0 Å². The lowest BCUT2D eigenvalue weighted by atomic mass is 9.87. The van der Waals surface area contributed by atoms with Crippen LogP contribution in [-0.4, -0.2) is 18.7 Å². The molecule has 0 saturated heterocycles. The van der Waals surface area contributed by atoms with Gasteiger partial charge in [0.05, 0.1) is 0 Å². The Labute approximate surface area is 130 Å². The fraction of sp³-hybridized carbons (Fsp3) is 0.684. The van der Waals surface area contributed by atoms with E-state index in [1.807, 2.05) is 0 Å². The molecule has 0 spiro atoms. The van der Waals surface area contributed by atoms with E-state index in [2.05, 4.69) is 57.3 Å². The van der Waals surface area contributed by atoms with Gasteiger partial charge >= 0.3 is 0 Å². The fourth-order valence-electron chi connectivity index (χ4n) is 3.01. The first-order valence-corrected chi connectivity index (χ1v) is 8.49. The predicted molar refractivity (Wildman–Crippen MR) is 90.1 cm³/mol. The maximum atomic E-state index is 6.19. The van der Waals surface area contributed by atoms with Crippen LogP contribution in [0.4, 0.5) is 0 Å². The number of hydrogen-bond donors (Lipinski definition) is 1. The molecule has 0 aromatic heterocycles. The molecule has 0 radical (unpaired) electrons. The lowest BCUT2D eigenvalue weighted by Gasteiger charge is -2.30. The molecule has 1 fully saturated rings. The van der Waals surface area contributed by atoms with Crippen LogP contribution < -0.4 is 10.1 Å². The summed E-state index contributed by atoms with van der Waals surface area (Å²) >= 11 is 0. The minimum absolute atomic E-state index is 0.207. The highest BCUT2D eigenvalue weighted by Crippen LogP contribution is 2.27. The van der Waals surface area contributed by atoms with Gasteiger partial charge in [-0.3, -0.25) is 0 Å². The summed E-state index contributed by atoms with van der Waals surface area (Å²) < 4.78 is 6.19. The Morgan fingerprint density at radius 1 is 1.14 bits per heavy atom. The number of rotatable bonds is 5. The van der Waals surface area contributed by atoms with Crippen molar-refractivity contribution in [1.82, 2.24) is 5.32 Å². The highest BCUT2D eigenvalue weighted by Gasteiger charge is 2.23. The van der Waals surface area contributed by atoms with Crippen molar-refractivity contribution in [3.63, 3.8) is 0 Å². The highest BCUT2D eigenvalue weighted by atomic mass is 16.5. The molecule has 2 unspecified atom stereocenters. The second-order valence-electron chi connectivity index (χ2n) is 7.33. The SMILES string of the molecule is CCCNC1CCCC(Oc2ccc(C(C)(C)C)cc2)C1. The molecule has 1 saturated carbocycles. The third-order valence-corrected chi connectivity index (χ3v) is 4.33. The van der Waals surface area contributed by atoms with Gasteiger partial charge in [-0.05, 0) is 61.8 Å². The van der Waals surface area contributed by atoms with Crippen LogP contribution >= 0.6 is 0 Å².